The highest BCUT2D eigenvalue weighted by atomic mass is 16.6. The number of aryl methyl sites for hydroxylation is 1. The Morgan fingerprint density at radius 1 is 1.21 bits per heavy atom. The lowest BCUT2D eigenvalue weighted by Gasteiger charge is -2.40. The van der Waals surface area contributed by atoms with E-state index >= 15 is 0 Å². The monoisotopic (exact) mass is 402 g/mol. The third kappa shape index (κ3) is 3.57. The molecule has 0 atom stereocenters. The third-order valence-electron chi connectivity index (χ3n) is 5.00. The fourth-order valence-corrected chi connectivity index (χ4v) is 3.46. The number of pyridine rings is 1. The van der Waals surface area contributed by atoms with Gasteiger partial charge in [0.2, 0.25) is 6.20 Å². The van der Waals surface area contributed by atoms with Crippen molar-refractivity contribution in [1.29, 1.82) is 0 Å². The first-order valence-electron chi connectivity index (χ1n) is 9.09. The summed E-state index contributed by atoms with van der Waals surface area (Å²) in [5.41, 5.74) is 0.374. The van der Waals surface area contributed by atoms with Gasteiger partial charge in [-0.05, 0) is 24.1 Å². The lowest BCUT2D eigenvalue weighted by Crippen LogP contribution is -2.58. The van der Waals surface area contributed by atoms with Crippen molar-refractivity contribution in [1.82, 2.24) is 4.90 Å². The molecule has 0 saturated carbocycles. The van der Waals surface area contributed by atoms with E-state index in [2.05, 4.69) is 0 Å². The summed E-state index contributed by atoms with van der Waals surface area (Å²) in [6, 6.07) is 7.83. The number of ether oxygens (including phenoxy) is 1. The Hall–Kier alpha value is -3.31. The summed E-state index contributed by atoms with van der Waals surface area (Å²) in [4.78, 5) is 25.6. The molecule has 2 aromatic rings. The van der Waals surface area contributed by atoms with Crippen LogP contribution in [0.25, 0.3) is 0 Å². The second-order valence-electron chi connectivity index (χ2n) is 7.13. The molecule has 1 aromatic heterocycles. The Morgan fingerprint density at radius 2 is 1.97 bits per heavy atom. The molecule has 1 saturated heterocycles. The van der Waals surface area contributed by atoms with Crippen molar-refractivity contribution in [2.75, 3.05) is 13.1 Å². The number of rotatable bonds is 4. The Bertz CT molecular complexity index is 990. The minimum absolute atomic E-state index is 0.0176. The summed E-state index contributed by atoms with van der Waals surface area (Å²) in [5.74, 6) is -1.78. The minimum Gasteiger partial charge on any atom is -0.669 e. The molecule has 4 rings (SSSR count). The molecule has 0 spiro atoms. The fourth-order valence-electron chi connectivity index (χ4n) is 3.46. The molecule has 1 amide bonds. The topological polar surface area (TPSA) is 141 Å². The van der Waals surface area contributed by atoms with Gasteiger partial charge in [0.15, 0.2) is 0 Å². The second kappa shape index (κ2) is 6.94. The van der Waals surface area contributed by atoms with Crippen LogP contribution < -0.4 is 14.1 Å². The van der Waals surface area contributed by atoms with Gasteiger partial charge in [-0.15, -0.1) is 0 Å². The number of nitrogens with zero attached hydrogens (tertiary/aromatic N) is 2. The van der Waals surface area contributed by atoms with Crippen molar-refractivity contribution in [3.8, 4) is 11.5 Å². The first-order valence-corrected chi connectivity index (χ1v) is 9.09. The fraction of sp³-hybridized carbons (Fsp3) is 0.278. The molecule has 152 valence electrons. The van der Waals surface area contributed by atoms with Crippen LogP contribution in [0.2, 0.25) is 6.32 Å². The number of hydrogen-bond donors (Lipinski definition) is 4. The maximum Gasteiger partial charge on any atom is 0.430 e. The van der Waals surface area contributed by atoms with Crippen LogP contribution in [0.1, 0.15) is 26.4 Å². The van der Waals surface area contributed by atoms with Crippen molar-refractivity contribution in [3.63, 3.8) is 0 Å². The Balaban J connectivity index is 1.49. The standard InChI is InChI=1S/C18H19BN2O8/c22-17(13-3-1-2-8-21(13)27)20-9-12(10-20)28-14-5-4-11-6-7-19(25,26)29-16(11)15(14)18(23)24/h1-5,8,12,25-27H,6-7,9-10H2,(H,23,24). The van der Waals surface area contributed by atoms with Crippen LogP contribution in [-0.4, -0.2) is 63.1 Å². The van der Waals surface area contributed by atoms with Crippen molar-refractivity contribution in [3.05, 3.63) is 53.3 Å². The quantitative estimate of drug-likeness (QED) is 0.310. The average Bonchev–Trinajstić information content (AvgIpc) is 2.62. The van der Waals surface area contributed by atoms with Crippen molar-refractivity contribution in [2.45, 2.75) is 18.8 Å². The average molecular weight is 402 g/mol. The predicted molar refractivity (Wildman–Crippen MR) is 96.9 cm³/mol. The summed E-state index contributed by atoms with van der Waals surface area (Å²) in [6.45, 7) is -2.70. The van der Waals surface area contributed by atoms with Gasteiger partial charge in [0, 0.05) is 16.9 Å². The molecule has 3 heterocycles. The molecule has 0 unspecified atom stereocenters. The van der Waals surface area contributed by atoms with E-state index < -0.39 is 18.8 Å². The number of carbonyl (C=O) groups excluding carboxylic acids is 1. The zero-order chi connectivity index (χ0) is 20.8. The van der Waals surface area contributed by atoms with E-state index in [0.29, 0.717) is 5.56 Å². The molecule has 29 heavy (non-hydrogen) atoms. The molecule has 0 aliphatic carbocycles. The van der Waals surface area contributed by atoms with Crippen molar-refractivity contribution >= 4 is 18.6 Å². The Labute approximate surface area is 165 Å². The lowest BCUT2D eigenvalue weighted by molar-refractivity contribution is -0.906. The molecule has 2 aliphatic rings. The zero-order valence-electron chi connectivity index (χ0n) is 15.3. The van der Waals surface area contributed by atoms with E-state index in [1.807, 2.05) is 0 Å². The van der Waals surface area contributed by atoms with Crippen LogP contribution in [0.15, 0.2) is 36.5 Å². The highest BCUT2D eigenvalue weighted by Crippen LogP contribution is 2.39. The van der Waals surface area contributed by atoms with Gasteiger partial charge in [-0.25, -0.2) is 4.79 Å². The Kier molecular flexibility index (Phi) is 4.55. The number of aromatic nitrogens is 1. The van der Waals surface area contributed by atoms with Crippen molar-refractivity contribution < 1.29 is 44.1 Å². The van der Waals surface area contributed by atoms with Crippen LogP contribution in [0.4, 0.5) is 0 Å². The third-order valence-corrected chi connectivity index (χ3v) is 5.00. The molecule has 11 heteroatoms. The lowest BCUT2D eigenvalue weighted by atomic mass is 9.70. The number of fused-ring (bicyclic) bond motifs is 1. The predicted octanol–water partition coefficient (Wildman–Crippen LogP) is -0.329. The molecule has 4 N–H and O–H groups in total. The number of benzene rings is 1. The summed E-state index contributed by atoms with van der Waals surface area (Å²) in [7, 11) is 0. The number of hydrogen-bond acceptors (Lipinski definition) is 7. The van der Waals surface area contributed by atoms with Crippen LogP contribution >= 0.6 is 0 Å². The maximum absolute atomic E-state index is 12.4. The van der Waals surface area contributed by atoms with E-state index in [-0.39, 0.29) is 54.5 Å². The van der Waals surface area contributed by atoms with E-state index in [0.717, 1.165) is 4.73 Å². The SMILES string of the molecule is O=C(O)c1c(OC2CN(C(=O)c3cccc[n+]3O)C2)ccc2c1O[B-](O)(O)CC2. The molecule has 1 fully saturated rings. The summed E-state index contributed by atoms with van der Waals surface area (Å²) in [5, 5.41) is 38.9. The van der Waals surface area contributed by atoms with Crippen LogP contribution in [0.5, 0.6) is 11.5 Å². The smallest absolute Gasteiger partial charge is 0.430 e. The summed E-state index contributed by atoms with van der Waals surface area (Å²) < 4.78 is 11.6. The van der Waals surface area contributed by atoms with E-state index in [4.69, 9.17) is 9.39 Å². The van der Waals surface area contributed by atoms with E-state index in [9.17, 15) is 30.0 Å². The molecule has 2 aliphatic heterocycles. The molecular weight excluding hydrogens is 383 g/mol. The molecule has 0 bridgehead atoms. The number of amides is 1. The second-order valence-corrected chi connectivity index (χ2v) is 7.13. The van der Waals surface area contributed by atoms with Gasteiger partial charge in [-0.2, -0.15) is 0 Å². The molecule has 1 aromatic carbocycles. The molecule has 10 nitrogen and oxygen atoms in total. The minimum atomic E-state index is -3.12. The number of carboxylic acid groups (broad SMARTS) is 1. The van der Waals surface area contributed by atoms with Gasteiger partial charge < -0.3 is 29.4 Å². The number of aromatic carboxylic acids is 1. The first kappa shape index (κ1) is 19.0. The van der Waals surface area contributed by atoms with Gasteiger partial charge >= 0.3 is 24.3 Å². The number of carbonyl (C=O) groups is 2. The highest BCUT2D eigenvalue weighted by molar-refractivity contribution is 6.59. The summed E-state index contributed by atoms with van der Waals surface area (Å²) in [6.07, 6.45) is 1.15. The van der Waals surface area contributed by atoms with Crippen LogP contribution in [-0.2, 0) is 6.42 Å². The largest absolute Gasteiger partial charge is 0.669 e. The van der Waals surface area contributed by atoms with E-state index in [1.54, 1.807) is 18.2 Å². The Morgan fingerprint density at radius 3 is 2.66 bits per heavy atom. The highest BCUT2D eigenvalue weighted by Gasteiger charge is 2.38. The van der Waals surface area contributed by atoms with Gasteiger partial charge in [-0.3, -0.25) is 10.0 Å². The number of likely N-dealkylation sites (tertiary alicyclic amines) is 1. The van der Waals surface area contributed by atoms with Crippen LogP contribution in [0, 0.1) is 0 Å². The molecule has 0 radical (unpaired) electrons. The van der Waals surface area contributed by atoms with Gasteiger partial charge in [0.1, 0.15) is 17.4 Å². The van der Waals surface area contributed by atoms with Gasteiger partial charge in [0.05, 0.1) is 18.8 Å². The zero-order valence-corrected chi connectivity index (χ0v) is 15.3. The van der Waals surface area contributed by atoms with Gasteiger partial charge in [-0.1, -0.05) is 12.4 Å². The van der Waals surface area contributed by atoms with Crippen LogP contribution in [0.3, 0.4) is 0 Å². The maximum atomic E-state index is 12.4. The van der Waals surface area contributed by atoms with Gasteiger partial charge in [0.25, 0.3) is 0 Å². The van der Waals surface area contributed by atoms with Crippen molar-refractivity contribution in [2.24, 2.45) is 0 Å². The first-order chi connectivity index (χ1) is 13.7. The van der Waals surface area contributed by atoms with E-state index in [1.165, 1.54) is 23.2 Å². The molecular formula is C18H19BN2O8. The number of carboxylic acids is 1. The summed E-state index contributed by atoms with van der Waals surface area (Å²) >= 11 is 0. The normalized spacial score (nSPS) is 17.7.